The van der Waals surface area contributed by atoms with Gasteiger partial charge in [-0.2, -0.15) is 18.3 Å². The molecule has 2 N–H and O–H groups in total. The summed E-state index contributed by atoms with van der Waals surface area (Å²) >= 11 is 11.1. The molecule has 0 saturated heterocycles. The average Bonchev–Trinajstić information content (AvgIpc) is 3.02. The summed E-state index contributed by atoms with van der Waals surface area (Å²) < 4.78 is 44.1. The summed E-state index contributed by atoms with van der Waals surface area (Å²) in [6.45, 7) is 1.47. The van der Waals surface area contributed by atoms with E-state index < -0.39 is 11.7 Å². The van der Waals surface area contributed by atoms with Gasteiger partial charge in [0.25, 0.3) is 0 Å². The Morgan fingerprint density at radius 2 is 2.04 bits per heavy atom. The molecule has 0 aliphatic rings. The fourth-order valence-corrected chi connectivity index (χ4v) is 2.41. The summed E-state index contributed by atoms with van der Waals surface area (Å²) in [5, 5.41) is 7.40. The van der Waals surface area contributed by atoms with Crippen molar-refractivity contribution in [2.24, 2.45) is 5.10 Å². The maximum Gasteiger partial charge on any atom is 0.416 e. The molecule has 0 bridgehead atoms. The molecule has 0 radical (unpaired) electrons. The van der Waals surface area contributed by atoms with Crippen LogP contribution in [0.5, 0.6) is 0 Å². The molecule has 0 saturated carbocycles. The quantitative estimate of drug-likeness (QED) is 0.422. The first-order valence-corrected chi connectivity index (χ1v) is 8.64. The molecule has 1 aromatic carbocycles. The Morgan fingerprint density at radius 1 is 1.30 bits per heavy atom. The number of likely N-dealkylation sites (N-methyl/N-ethyl adjacent to an activating group) is 1. The molecule has 5 nitrogen and oxygen atoms in total. The molecule has 0 unspecified atom stereocenters. The topological polar surface area (TPSA) is 52.8 Å². The van der Waals surface area contributed by atoms with Gasteiger partial charge in [-0.05, 0) is 56.6 Å². The molecule has 10 heteroatoms. The summed E-state index contributed by atoms with van der Waals surface area (Å²) in [7, 11) is 3.89. The minimum absolute atomic E-state index is 0.153. The second-order valence-electron chi connectivity index (χ2n) is 5.82. The van der Waals surface area contributed by atoms with Gasteiger partial charge in [0.1, 0.15) is 11.5 Å². The molecular formula is C17H18ClF3N4OS. The molecule has 0 atom stereocenters. The Bertz CT molecular complexity index is 821. The zero-order valence-electron chi connectivity index (χ0n) is 14.6. The SMILES string of the molecule is CN(C)CCNC(=S)N/N=C/c1ccc(-c2cc(C(F)(F)F)ccc2Cl)o1. The highest BCUT2D eigenvalue weighted by atomic mass is 35.5. The van der Waals surface area contributed by atoms with Gasteiger partial charge in [0.2, 0.25) is 0 Å². The third-order valence-electron chi connectivity index (χ3n) is 3.39. The molecule has 0 aliphatic carbocycles. The van der Waals surface area contributed by atoms with Gasteiger partial charge in [-0.3, -0.25) is 5.43 Å². The normalized spacial score (nSPS) is 12.0. The van der Waals surface area contributed by atoms with Crippen molar-refractivity contribution in [1.29, 1.82) is 0 Å². The van der Waals surface area contributed by atoms with Crippen LogP contribution < -0.4 is 10.7 Å². The number of rotatable bonds is 6. The Balaban J connectivity index is 2.02. The number of hydrazone groups is 1. The third kappa shape index (κ3) is 6.53. The summed E-state index contributed by atoms with van der Waals surface area (Å²) in [6, 6.07) is 6.15. The van der Waals surface area contributed by atoms with E-state index in [0.717, 1.165) is 18.7 Å². The zero-order chi connectivity index (χ0) is 20.0. The van der Waals surface area contributed by atoms with Crippen molar-refractivity contribution in [2.75, 3.05) is 27.2 Å². The van der Waals surface area contributed by atoms with Crippen molar-refractivity contribution < 1.29 is 17.6 Å². The van der Waals surface area contributed by atoms with E-state index in [9.17, 15) is 13.2 Å². The molecule has 1 aromatic heterocycles. The molecule has 0 spiro atoms. The Labute approximate surface area is 165 Å². The lowest BCUT2D eigenvalue weighted by Crippen LogP contribution is -2.36. The molecule has 0 fully saturated rings. The van der Waals surface area contributed by atoms with Gasteiger partial charge in [-0.25, -0.2) is 0 Å². The van der Waals surface area contributed by atoms with Crippen molar-refractivity contribution in [3.63, 3.8) is 0 Å². The number of alkyl halides is 3. The first-order chi connectivity index (χ1) is 12.7. The van der Waals surface area contributed by atoms with Crippen molar-refractivity contribution in [3.8, 4) is 11.3 Å². The van der Waals surface area contributed by atoms with Gasteiger partial charge >= 0.3 is 6.18 Å². The fourth-order valence-electron chi connectivity index (χ4n) is 2.04. The van der Waals surface area contributed by atoms with Crippen LogP contribution in [0.4, 0.5) is 13.2 Å². The lowest BCUT2D eigenvalue weighted by atomic mass is 10.1. The lowest BCUT2D eigenvalue weighted by Gasteiger charge is -2.11. The second kappa shape index (κ2) is 9.20. The highest BCUT2D eigenvalue weighted by Gasteiger charge is 2.31. The monoisotopic (exact) mass is 418 g/mol. The molecule has 0 amide bonds. The fraction of sp³-hybridized carbons (Fsp3) is 0.294. The van der Waals surface area contributed by atoms with E-state index in [4.69, 9.17) is 28.2 Å². The van der Waals surface area contributed by atoms with Gasteiger partial charge in [0, 0.05) is 18.7 Å². The van der Waals surface area contributed by atoms with Crippen LogP contribution >= 0.6 is 23.8 Å². The highest BCUT2D eigenvalue weighted by Crippen LogP contribution is 2.36. The number of furan rings is 1. The van der Waals surface area contributed by atoms with Gasteiger partial charge in [0.05, 0.1) is 16.8 Å². The van der Waals surface area contributed by atoms with Crippen molar-refractivity contribution in [1.82, 2.24) is 15.6 Å². The van der Waals surface area contributed by atoms with Gasteiger partial charge in [-0.15, -0.1) is 0 Å². The molecule has 2 rings (SSSR count). The number of nitrogens with zero attached hydrogens (tertiary/aromatic N) is 2. The minimum Gasteiger partial charge on any atom is -0.455 e. The van der Waals surface area contributed by atoms with Gasteiger partial charge in [-0.1, -0.05) is 11.6 Å². The molecule has 0 aliphatic heterocycles. The lowest BCUT2D eigenvalue weighted by molar-refractivity contribution is -0.137. The van der Waals surface area contributed by atoms with Crippen molar-refractivity contribution >= 4 is 35.1 Å². The molecule has 27 heavy (non-hydrogen) atoms. The number of nitrogens with one attached hydrogen (secondary N) is 2. The van der Waals surface area contributed by atoms with E-state index in [1.165, 1.54) is 18.3 Å². The summed E-state index contributed by atoms with van der Waals surface area (Å²) in [5.74, 6) is 0.543. The van der Waals surface area contributed by atoms with Crippen LogP contribution in [0.1, 0.15) is 11.3 Å². The van der Waals surface area contributed by atoms with Crippen LogP contribution in [-0.2, 0) is 6.18 Å². The standard InChI is InChI=1S/C17H18ClF3N4OS/c1-25(2)8-7-22-16(27)24-23-10-12-4-6-15(26-12)13-9-11(17(19,20)21)3-5-14(13)18/h3-6,9-10H,7-8H2,1-2H3,(H2,22,24,27)/b23-10+. The number of hydrogen-bond acceptors (Lipinski definition) is 4. The predicted molar refractivity (Wildman–Crippen MR) is 104 cm³/mol. The minimum atomic E-state index is -4.46. The van der Waals surface area contributed by atoms with Crippen LogP contribution in [0.25, 0.3) is 11.3 Å². The van der Waals surface area contributed by atoms with Crippen LogP contribution in [0.2, 0.25) is 5.02 Å². The van der Waals surface area contributed by atoms with Gasteiger partial charge in [0.15, 0.2) is 5.11 Å². The molecular weight excluding hydrogens is 401 g/mol. The summed E-state index contributed by atoms with van der Waals surface area (Å²) in [6.07, 6.45) is -3.10. The first kappa shape index (κ1) is 21.2. The van der Waals surface area contributed by atoms with Crippen LogP contribution in [-0.4, -0.2) is 43.4 Å². The van der Waals surface area contributed by atoms with Crippen LogP contribution in [0.3, 0.4) is 0 Å². The van der Waals surface area contributed by atoms with Crippen molar-refractivity contribution in [3.05, 3.63) is 46.7 Å². The van der Waals surface area contributed by atoms with Gasteiger partial charge < -0.3 is 14.6 Å². The molecule has 2 aromatic rings. The Morgan fingerprint density at radius 3 is 2.70 bits per heavy atom. The predicted octanol–water partition coefficient (Wildman–Crippen LogP) is 3.98. The van der Waals surface area contributed by atoms with E-state index in [0.29, 0.717) is 17.4 Å². The Kier molecular flexibility index (Phi) is 7.23. The second-order valence-corrected chi connectivity index (χ2v) is 6.64. The molecule has 146 valence electrons. The summed E-state index contributed by atoms with van der Waals surface area (Å²) in [4.78, 5) is 2.00. The van der Waals surface area contributed by atoms with E-state index in [1.54, 1.807) is 6.07 Å². The van der Waals surface area contributed by atoms with Crippen LogP contribution in [0.15, 0.2) is 39.9 Å². The molecule has 1 heterocycles. The largest absolute Gasteiger partial charge is 0.455 e. The summed E-state index contributed by atoms with van der Waals surface area (Å²) in [5.41, 5.74) is 1.98. The zero-order valence-corrected chi connectivity index (χ0v) is 16.2. The maximum atomic E-state index is 12.9. The Hall–Kier alpha value is -2.10. The van der Waals surface area contributed by atoms with Crippen molar-refractivity contribution in [2.45, 2.75) is 6.18 Å². The smallest absolute Gasteiger partial charge is 0.416 e. The van der Waals surface area contributed by atoms with E-state index in [2.05, 4.69) is 15.8 Å². The average molecular weight is 419 g/mol. The van der Waals surface area contributed by atoms with E-state index >= 15 is 0 Å². The number of halogens is 4. The third-order valence-corrected chi connectivity index (χ3v) is 3.95. The number of hydrogen-bond donors (Lipinski definition) is 2. The van der Waals surface area contributed by atoms with Crippen LogP contribution in [0, 0.1) is 0 Å². The highest BCUT2D eigenvalue weighted by molar-refractivity contribution is 7.80. The van der Waals surface area contributed by atoms with E-state index in [-0.39, 0.29) is 16.3 Å². The number of thiocarbonyl (C=S) groups is 1. The first-order valence-electron chi connectivity index (χ1n) is 7.85. The van der Waals surface area contributed by atoms with E-state index in [1.807, 2.05) is 19.0 Å². The number of benzene rings is 1. The maximum absolute atomic E-state index is 12.9.